The van der Waals surface area contributed by atoms with Crippen molar-refractivity contribution in [2.45, 2.75) is 26.3 Å². The third-order valence-electron chi connectivity index (χ3n) is 2.77. The fourth-order valence-corrected chi connectivity index (χ4v) is 1.83. The maximum Gasteiger partial charge on any atom is 0.274 e. The van der Waals surface area contributed by atoms with Gasteiger partial charge in [0.15, 0.2) is 0 Å². The molecule has 1 heterocycles. The first kappa shape index (κ1) is 15.7. The molecule has 0 bridgehead atoms. The van der Waals surface area contributed by atoms with Crippen LogP contribution in [0.5, 0.6) is 0 Å². The van der Waals surface area contributed by atoms with Crippen LogP contribution in [-0.4, -0.2) is 22.3 Å². The Labute approximate surface area is 129 Å². The number of hydrogen-bond donors (Lipinski definition) is 2. The van der Waals surface area contributed by atoms with Crippen molar-refractivity contribution < 1.29 is 9.59 Å². The summed E-state index contributed by atoms with van der Waals surface area (Å²) < 4.78 is 0. The maximum absolute atomic E-state index is 12.2. The van der Waals surface area contributed by atoms with Crippen LogP contribution >= 0.6 is 0 Å². The number of carbonyl (C=O) groups excluding carboxylic acids is 2. The van der Waals surface area contributed by atoms with Crippen molar-refractivity contribution in [1.29, 1.82) is 0 Å². The van der Waals surface area contributed by atoms with Gasteiger partial charge in [0, 0.05) is 23.0 Å². The highest BCUT2D eigenvalue weighted by molar-refractivity contribution is 6.04. The molecule has 114 valence electrons. The Balaban J connectivity index is 2.14. The molecule has 0 aliphatic rings. The molecule has 2 N–H and O–H groups in total. The van der Waals surface area contributed by atoms with Crippen molar-refractivity contribution in [3.63, 3.8) is 0 Å². The van der Waals surface area contributed by atoms with Crippen LogP contribution in [0.3, 0.4) is 0 Å². The Kier molecular flexibility index (Phi) is 4.56. The summed E-state index contributed by atoms with van der Waals surface area (Å²) in [5, 5.41) is 5.59. The van der Waals surface area contributed by atoms with E-state index < -0.39 is 0 Å². The lowest BCUT2D eigenvalue weighted by Crippen LogP contribution is -2.40. The molecule has 5 nitrogen and oxygen atoms in total. The van der Waals surface area contributed by atoms with Gasteiger partial charge >= 0.3 is 0 Å². The number of benzene rings is 1. The lowest BCUT2D eigenvalue weighted by Gasteiger charge is -2.20. The summed E-state index contributed by atoms with van der Waals surface area (Å²) in [7, 11) is 0. The van der Waals surface area contributed by atoms with Crippen LogP contribution in [-0.2, 0) is 0 Å². The lowest BCUT2D eigenvalue weighted by molar-refractivity contribution is 0.0919. The van der Waals surface area contributed by atoms with Crippen LogP contribution in [0.4, 0.5) is 5.69 Å². The fourth-order valence-electron chi connectivity index (χ4n) is 1.83. The van der Waals surface area contributed by atoms with Crippen molar-refractivity contribution in [3.05, 3.63) is 59.9 Å². The Morgan fingerprint density at radius 1 is 1.00 bits per heavy atom. The van der Waals surface area contributed by atoms with Gasteiger partial charge in [-0.3, -0.25) is 14.6 Å². The van der Waals surface area contributed by atoms with Crippen molar-refractivity contribution in [3.8, 4) is 0 Å². The molecule has 0 atom stereocenters. The molecule has 0 aliphatic heterocycles. The van der Waals surface area contributed by atoms with Crippen LogP contribution in [0.15, 0.2) is 48.7 Å². The highest BCUT2D eigenvalue weighted by Gasteiger charge is 2.17. The predicted octanol–water partition coefficient (Wildman–Crippen LogP) is 2.86. The number of nitrogens with one attached hydrogen (secondary N) is 2. The number of pyridine rings is 1. The average molecular weight is 297 g/mol. The van der Waals surface area contributed by atoms with Crippen LogP contribution in [0.1, 0.15) is 41.6 Å². The minimum absolute atomic E-state index is 0.199. The summed E-state index contributed by atoms with van der Waals surface area (Å²) in [6.45, 7) is 5.69. The molecular formula is C17H19N3O2. The lowest BCUT2D eigenvalue weighted by atomic mass is 10.1. The van der Waals surface area contributed by atoms with Gasteiger partial charge in [-0.25, -0.2) is 0 Å². The summed E-state index contributed by atoms with van der Waals surface area (Å²) in [5.41, 5.74) is 0.944. The quantitative estimate of drug-likeness (QED) is 0.915. The van der Waals surface area contributed by atoms with Crippen LogP contribution in [0.25, 0.3) is 0 Å². The number of rotatable bonds is 3. The molecule has 0 unspecified atom stereocenters. The monoisotopic (exact) mass is 297 g/mol. The number of hydrogen-bond acceptors (Lipinski definition) is 3. The zero-order chi connectivity index (χ0) is 16.2. The van der Waals surface area contributed by atoms with Crippen molar-refractivity contribution in [1.82, 2.24) is 10.3 Å². The van der Waals surface area contributed by atoms with Gasteiger partial charge in [-0.1, -0.05) is 18.2 Å². The largest absolute Gasteiger partial charge is 0.347 e. The van der Waals surface area contributed by atoms with Gasteiger partial charge in [0.1, 0.15) is 5.69 Å². The first-order valence-electron chi connectivity index (χ1n) is 7.00. The van der Waals surface area contributed by atoms with Crippen molar-refractivity contribution in [2.75, 3.05) is 5.32 Å². The normalized spacial score (nSPS) is 10.9. The molecule has 5 heteroatoms. The van der Waals surface area contributed by atoms with Crippen molar-refractivity contribution in [2.24, 2.45) is 0 Å². The minimum Gasteiger partial charge on any atom is -0.347 e. The molecule has 1 aromatic heterocycles. The SMILES string of the molecule is CC(C)(C)NC(=O)c1ccnc(C(=O)Nc2ccccc2)c1. The summed E-state index contributed by atoms with van der Waals surface area (Å²) in [6.07, 6.45) is 1.46. The average Bonchev–Trinajstić information content (AvgIpc) is 2.46. The van der Waals surface area contributed by atoms with Crippen molar-refractivity contribution >= 4 is 17.5 Å². The molecular weight excluding hydrogens is 278 g/mol. The number of amides is 2. The molecule has 0 saturated carbocycles. The Morgan fingerprint density at radius 3 is 2.32 bits per heavy atom. The van der Waals surface area contributed by atoms with E-state index in [9.17, 15) is 9.59 Å². The van der Waals surface area contributed by atoms with Gasteiger partial charge in [-0.05, 0) is 45.0 Å². The third-order valence-corrected chi connectivity index (χ3v) is 2.77. The molecule has 0 saturated heterocycles. The zero-order valence-electron chi connectivity index (χ0n) is 12.9. The van der Waals surface area contributed by atoms with E-state index in [4.69, 9.17) is 0 Å². The highest BCUT2D eigenvalue weighted by atomic mass is 16.2. The number of para-hydroxylation sites is 1. The van der Waals surface area contributed by atoms with Gasteiger partial charge in [0.2, 0.25) is 0 Å². The second-order valence-electron chi connectivity index (χ2n) is 5.95. The van der Waals surface area contributed by atoms with Crippen LogP contribution in [0, 0.1) is 0 Å². The van der Waals surface area contributed by atoms with Gasteiger partial charge in [-0.2, -0.15) is 0 Å². The van der Waals surface area contributed by atoms with Crippen LogP contribution < -0.4 is 10.6 Å². The van der Waals surface area contributed by atoms with Gasteiger partial charge in [-0.15, -0.1) is 0 Å². The Hall–Kier alpha value is -2.69. The van der Waals surface area contributed by atoms with E-state index >= 15 is 0 Å². The summed E-state index contributed by atoms with van der Waals surface area (Å²) >= 11 is 0. The third kappa shape index (κ3) is 4.41. The van der Waals surface area contributed by atoms with E-state index in [1.807, 2.05) is 39.0 Å². The van der Waals surface area contributed by atoms with Gasteiger partial charge in [0.25, 0.3) is 11.8 Å². The van der Waals surface area contributed by atoms with Gasteiger partial charge in [0.05, 0.1) is 0 Å². The Morgan fingerprint density at radius 2 is 1.68 bits per heavy atom. The highest BCUT2D eigenvalue weighted by Crippen LogP contribution is 2.10. The molecule has 0 aliphatic carbocycles. The van der Waals surface area contributed by atoms with E-state index in [-0.39, 0.29) is 23.0 Å². The van der Waals surface area contributed by atoms with E-state index in [0.29, 0.717) is 11.3 Å². The molecule has 0 radical (unpaired) electrons. The first-order valence-corrected chi connectivity index (χ1v) is 7.00. The molecule has 1 aromatic carbocycles. The Bertz CT molecular complexity index is 676. The topological polar surface area (TPSA) is 71.1 Å². The fraction of sp³-hybridized carbons (Fsp3) is 0.235. The molecule has 2 rings (SSSR count). The summed E-state index contributed by atoms with van der Waals surface area (Å²) in [4.78, 5) is 28.3. The number of carbonyl (C=O) groups is 2. The standard InChI is InChI=1S/C17H19N3O2/c1-17(2,3)20-15(21)12-9-10-18-14(11-12)16(22)19-13-7-5-4-6-8-13/h4-11H,1-3H3,(H,19,22)(H,20,21). The molecule has 2 amide bonds. The first-order chi connectivity index (χ1) is 10.3. The minimum atomic E-state index is -0.350. The van der Waals surface area contributed by atoms with E-state index in [2.05, 4.69) is 15.6 Å². The zero-order valence-corrected chi connectivity index (χ0v) is 12.9. The smallest absolute Gasteiger partial charge is 0.274 e. The number of nitrogens with zero attached hydrogens (tertiary/aromatic N) is 1. The second-order valence-corrected chi connectivity index (χ2v) is 5.95. The molecule has 2 aromatic rings. The summed E-state index contributed by atoms with van der Waals surface area (Å²) in [5.74, 6) is -0.583. The van der Waals surface area contributed by atoms with Crippen LogP contribution in [0.2, 0.25) is 0 Å². The van der Waals surface area contributed by atoms with E-state index in [1.54, 1.807) is 18.2 Å². The van der Waals surface area contributed by atoms with E-state index in [1.165, 1.54) is 12.3 Å². The molecule has 0 fully saturated rings. The molecule has 22 heavy (non-hydrogen) atoms. The predicted molar refractivity (Wildman–Crippen MR) is 85.9 cm³/mol. The number of aromatic nitrogens is 1. The van der Waals surface area contributed by atoms with Gasteiger partial charge < -0.3 is 10.6 Å². The maximum atomic E-state index is 12.2. The number of anilines is 1. The summed E-state index contributed by atoms with van der Waals surface area (Å²) in [6, 6.07) is 12.2. The second kappa shape index (κ2) is 6.39. The van der Waals surface area contributed by atoms with E-state index in [0.717, 1.165) is 0 Å². The molecule has 0 spiro atoms.